The summed E-state index contributed by atoms with van der Waals surface area (Å²) in [6, 6.07) is 6.35. The highest BCUT2D eigenvalue weighted by atomic mass is 19.3. The number of carbonyl (C=O) groups excluding carboxylic acids is 1. The molecular formula is C16H17F2N3O3. The van der Waals surface area contributed by atoms with Gasteiger partial charge in [0.2, 0.25) is 0 Å². The van der Waals surface area contributed by atoms with Gasteiger partial charge in [-0.05, 0) is 17.7 Å². The molecule has 1 fully saturated rings. The Balaban J connectivity index is 1.72. The average Bonchev–Trinajstić information content (AvgIpc) is 3.00. The number of alkyl halides is 2. The van der Waals surface area contributed by atoms with Crippen molar-refractivity contribution >= 4 is 5.91 Å². The van der Waals surface area contributed by atoms with E-state index in [1.54, 1.807) is 35.0 Å². The van der Waals surface area contributed by atoms with Gasteiger partial charge in [-0.3, -0.25) is 9.48 Å². The van der Waals surface area contributed by atoms with Crippen molar-refractivity contribution < 1.29 is 23.0 Å². The normalized spacial score (nSPS) is 18.0. The van der Waals surface area contributed by atoms with Crippen LogP contribution in [0.3, 0.4) is 0 Å². The summed E-state index contributed by atoms with van der Waals surface area (Å²) >= 11 is 0. The number of morpholine rings is 1. The molecule has 1 amide bonds. The molecule has 24 heavy (non-hydrogen) atoms. The van der Waals surface area contributed by atoms with Crippen molar-refractivity contribution in [3.8, 4) is 5.75 Å². The zero-order valence-electron chi connectivity index (χ0n) is 13.1. The number of aromatic nitrogens is 2. The molecule has 128 valence electrons. The molecule has 0 aliphatic carbocycles. The van der Waals surface area contributed by atoms with Crippen molar-refractivity contribution in [2.24, 2.45) is 7.05 Å². The maximum atomic E-state index is 12.5. The number of amides is 1. The average molecular weight is 337 g/mol. The Labute approximate surface area is 137 Å². The topological polar surface area (TPSA) is 56.6 Å². The summed E-state index contributed by atoms with van der Waals surface area (Å²) in [5, 5.41) is 4.00. The van der Waals surface area contributed by atoms with Gasteiger partial charge in [0.1, 0.15) is 11.9 Å². The van der Waals surface area contributed by atoms with E-state index >= 15 is 0 Å². The molecule has 0 saturated carbocycles. The van der Waals surface area contributed by atoms with Crippen molar-refractivity contribution in [2.75, 3.05) is 19.7 Å². The molecule has 1 aliphatic rings. The molecule has 6 nitrogen and oxygen atoms in total. The number of benzene rings is 1. The summed E-state index contributed by atoms with van der Waals surface area (Å²) < 4.78 is 36.3. The van der Waals surface area contributed by atoms with Crippen LogP contribution < -0.4 is 4.74 Å². The smallest absolute Gasteiger partial charge is 0.387 e. The first-order valence-electron chi connectivity index (χ1n) is 7.47. The lowest BCUT2D eigenvalue weighted by atomic mass is 10.1. The first-order valence-corrected chi connectivity index (χ1v) is 7.47. The molecule has 0 bridgehead atoms. The molecule has 2 aromatic rings. The van der Waals surface area contributed by atoms with Crippen LogP contribution in [0.25, 0.3) is 0 Å². The molecule has 1 unspecified atom stereocenters. The Kier molecular flexibility index (Phi) is 4.75. The van der Waals surface area contributed by atoms with Crippen molar-refractivity contribution in [1.82, 2.24) is 14.7 Å². The number of ether oxygens (including phenoxy) is 2. The standard InChI is InChI=1S/C16H17F2N3O3/c1-20-9-12(8-19-20)15(22)21-5-6-23-14(10-21)11-3-2-4-13(7-11)24-16(17)18/h2-4,7-9,14,16H,5-6,10H2,1H3. The lowest BCUT2D eigenvalue weighted by molar-refractivity contribution is -0.0504. The van der Waals surface area contributed by atoms with Gasteiger partial charge in [-0.2, -0.15) is 13.9 Å². The minimum Gasteiger partial charge on any atom is -0.435 e. The van der Waals surface area contributed by atoms with Crippen LogP contribution in [0.15, 0.2) is 36.7 Å². The molecular weight excluding hydrogens is 320 g/mol. The Bertz CT molecular complexity index is 720. The van der Waals surface area contributed by atoms with E-state index in [9.17, 15) is 13.6 Å². The molecule has 0 spiro atoms. The predicted octanol–water partition coefficient (Wildman–Crippen LogP) is 2.24. The zero-order chi connectivity index (χ0) is 17.1. The second kappa shape index (κ2) is 6.96. The molecule has 1 saturated heterocycles. The Morgan fingerprint density at radius 3 is 3.00 bits per heavy atom. The van der Waals surface area contributed by atoms with E-state index in [1.165, 1.54) is 18.3 Å². The molecule has 8 heteroatoms. The summed E-state index contributed by atoms with van der Waals surface area (Å²) in [5.74, 6) is -0.0572. The minimum atomic E-state index is -2.88. The third-order valence-corrected chi connectivity index (χ3v) is 3.76. The van der Waals surface area contributed by atoms with Crippen LogP contribution in [-0.4, -0.2) is 46.9 Å². The number of halogens is 2. The fourth-order valence-corrected chi connectivity index (χ4v) is 2.64. The lowest BCUT2D eigenvalue weighted by Gasteiger charge is -2.33. The quantitative estimate of drug-likeness (QED) is 0.859. The fraction of sp³-hybridized carbons (Fsp3) is 0.375. The van der Waals surface area contributed by atoms with Gasteiger partial charge in [-0.25, -0.2) is 0 Å². The van der Waals surface area contributed by atoms with Gasteiger partial charge in [-0.1, -0.05) is 12.1 Å². The van der Waals surface area contributed by atoms with Crippen molar-refractivity contribution in [1.29, 1.82) is 0 Å². The summed E-state index contributed by atoms with van der Waals surface area (Å²) in [6.45, 7) is -1.70. The minimum absolute atomic E-state index is 0.0711. The number of rotatable bonds is 4. The number of hydrogen-bond donors (Lipinski definition) is 0. The molecule has 1 aromatic heterocycles. The van der Waals surface area contributed by atoms with Gasteiger partial charge in [-0.15, -0.1) is 0 Å². The Morgan fingerprint density at radius 1 is 1.46 bits per heavy atom. The van der Waals surface area contributed by atoms with E-state index < -0.39 is 6.61 Å². The van der Waals surface area contributed by atoms with E-state index in [0.29, 0.717) is 30.8 Å². The largest absolute Gasteiger partial charge is 0.435 e. The lowest BCUT2D eigenvalue weighted by Crippen LogP contribution is -2.42. The fourth-order valence-electron chi connectivity index (χ4n) is 2.64. The second-order valence-electron chi connectivity index (χ2n) is 5.46. The van der Waals surface area contributed by atoms with Crippen LogP contribution >= 0.6 is 0 Å². The van der Waals surface area contributed by atoms with E-state index in [1.807, 2.05) is 0 Å². The van der Waals surface area contributed by atoms with Crippen LogP contribution in [0.1, 0.15) is 22.0 Å². The van der Waals surface area contributed by atoms with Crippen LogP contribution in [-0.2, 0) is 11.8 Å². The SMILES string of the molecule is Cn1cc(C(=O)N2CCOC(c3cccc(OC(F)F)c3)C2)cn1. The van der Waals surface area contributed by atoms with Crippen LogP contribution in [0.5, 0.6) is 5.75 Å². The van der Waals surface area contributed by atoms with Crippen LogP contribution in [0.4, 0.5) is 8.78 Å². The molecule has 1 atom stereocenters. The van der Waals surface area contributed by atoms with Gasteiger partial charge in [0.15, 0.2) is 0 Å². The Morgan fingerprint density at radius 2 is 2.29 bits per heavy atom. The highest BCUT2D eigenvalue weighted by Gasteiger charge is 2.27. The third kappa shape index (κ3) is 3.70. The summed E-state index contributed by atoms with van der Waals surface area (Å²) in [7, 11) is 1.74. The van der Waals surface area contributed by atoms with Gasteiger partial charge >= 0.3 is 6.61 Å². The Hall–Kier alpha value is -2.48. The van der Waals surface area contributed by atoms with Crippen molar-refractivity contribution in [2.45, 2.75) is 12.7 Å². The molecule has 0 N–H and O–H groups in total. The maximum Gasteiger partial charge on any atom is 0.387 e. The van der Waals surface area contributed by atoms with Crippen molar-refractivity contribution in [3.63, 3.8) is 0 Å². The molecule has 2 heterocycles. The van der Waals surface area contributed by atoms with E-state index in [-0.39, 0.29) is 17.8 Å². The number of hydrogen-bond acceptors (Lipinski definition) is 4. The van der Waals surface area contributed by atoms with E-state index in [4.69, 9.17) is 4.74 Å². The predicted molar refractivity (Wildman–Crippen MR) is 80.9 cm³/mol. The van der Waals surface area contributed by atoms with E-state index in [0.717, 1.165) is 0 Å². The van der Waals surface area contributed by atoms with Gasteiger partial charge in [0, 0.05) is 19.8 Å². The zero-order valence-corrected chi connectivity index (χ0v) is 13.1. The highest BCUT2D eigenvalue weighted by Crippen LogP contribution is 2.26. The number of aryl methyl sites for hydroxylation is 1. The third-order valence-electron chi connectivity index (χ3n) is 3.76. The first-order chi connectivity index (χ1) is 11.5. The summed E-state index contributed by atoms with van der Waals surface area (Å²) in [4.78, 5) is 14.2. The second-order valence-corrected chi connectivity index (χ2v) is 5.46. The molecule has 0 radical (unpaired) electrons. The van der Waals surface area contributed by atoms with E-state index in [2.05, 4.69) is 9.84 Å². The van der Waals surface area contributed by atoms with Gasteiger partial charge in [0.05, 0.1) is 24.9 Å². The highest BCUT2D eigenvalue weighted by molar-refractivity contribution is 5.93. The number of carbonyl (C=O) groups is 1. The summed E-state index contributed by atoms with van der Waals surface area (Å²) in [6.07, 6.45) is 2.79. The van der Waals surface area contributed by atoms with Crippen LogP contribution in [0.2, 0.25) is 0 Å². The monoisotopic (exact) mass is 337 g/mol. The maximum absolute atomic E-state index is 12.5. The van der Waals surface area contributed by atoms with Crippen molar-refractivity contribution in [3.05, 3.63) is 47.8 Å². The first kappa shape index (κ1) is 16.4. The molecule has 1 aromatic carbocycles. The number of nitrogens with zero attached hydrogens (tertiary/aromatic N) is 3. The summed E-state index contributed by atoms with van der Waals surface area (Å²) in [5.41, 5.74) is 1.20. The molecule has 3 rings (SSSR count). The van der Waals surface area contributed by atoms with Gasteiger partial charge < -0.3 is 14.4 Å². The molecule has 1 aliphatic heterocycles. The van der Waals surface area contributed by atoms with Gasteiger partial charge in [0.25, 0.3) is 5.91 Å². The van der Waals surface area contributed by atoms with Crippen LogP contribution in [0, 0.1) is 0 Å².